The summed E-state index contributed by atoms with van der Waals surface area (Å²) in [6.07, 6.45) is 2.05. The van der Waals surface area contributed by atoms with E-state index in [4.69, 9.17) is 17.3 Å². The topological polar surface area (TPSA) is 26.0 Å². The minimum Gasteiger partial charge on any atom is -0.399 e. The molecule has 0 aliphatic carbocycles. The molecular formula is C10H14ClN. The highest BCUT2D eigenvalue weighted by Gasteiger charge is 1.97. The molecule has 1 rings (SSSR count). The molecule has 0 atom stereocenters. The fourth-order valence-corrected chi connectivity index (χ4v) is 1.35. The molecule has 0 amide bonds. The maximum Gasteiger partial charge on any atom is 0.0316 e. The first-order valence-corrected chi connectivity index (χ1v) is 4.68. The molecule has 1 nitrogen and oxygen atoms in total. The quantitative estimate of drug-likeness (QED) is 0.566. The molecule has 0 radical (unpaired) electrons. The Kier molecular flexibility index (Phi) is 3.42. The van der Waals surface area contributed by atoms with Gasteiger partial charge in [-0.3, -0.25) is 0 Å². The molecule has 0 aliphatic rings. The second-order valence-electron chi connectivity index (χ2n) is 2.98. The number of nitrogens with two attached hydrogens (primary N) is 1. The number of benzene rings is 1. The van der Waals surface area contributed by atoms with Crippen LogP contribution in [-0.4, -0.2) is 5.88 Å². The SMILES string of the molecule is Cc1ccc(N)cc1CCCCl. The summed E-state index contributed by atoms with van der Waals surface area (Å²) in [6.45, 7) is 2.10. The Hall–Kier alpha value is -0.690. The third kappa shape index (κ3) is 2.42. The molecular weight excluding hydrogens is 170 g/mol. The number of anilines is 1. The van der Waals surface area contributed by atoms with Crippen LogP contribution in [0.4, 0.5) is 5.69 Å². The van der Waals surface area contributed by atoms with E-state index in [0.29, 0.717) is 5.88 Å². The zero-order chi connectivity index (χ0) is 8.97. The molecule has 0 heterocycles. The second kappa shape index (κ2) is 4.36. The van der Waals surface area contributed by atoms with Gasteiger partial charge in [-0.25, -0.2) is 0 Å². The first-order valence-electron chi connectivity index (χ1n) is 4.15. The Morgan fingerprint density at radius 1 is 1.42 bits per heavy atom. The number of hydrogen-bond acceptors (Lipinski definition) is 1. The molecule has 0 spiro atoms. The molecule has 1 aromatic carbocycles. The molecule has 12 heavy (non-hydrogen) atoms. The van der Waals surface area contributed by atoms with Crippen LogP contribution >= 0.6 is 11.6 Å². The van der Waals surface area contributed by atoms with E-state index in [9.17, 15) is 0 Å². The molecule has 2 heteroatoms. The van der Waals surface area contributed by atoms with Crippen LogP contribution in [0.2, 0.25) is 0 Å². The summed E-state index contributed by atoms with van der Waals surface area (Å²) in [5.74, 6) is 0.717. The Labute approximate surface area is 78.5 Å². The number of rotatable bonds is 3. The lowest BCUT2D eigenvalue weighted by molar-refractivity contribution is 0.920. The summed E-state index contributed by atoms with van der Waals surface area (Å²) < 4.78 is 0. The zero-order valence-electron chi connectivity index (χ0n) is 7.31. The van der Waals surface area contributed by atoms with E-state index >= 15 is 0 Å². The predicted molar refractivity (Wildman–Crippen MR) is 54.6 cm³/mol. The fraction of sp³-hybridized carbons (Fsp3) is 0.400. The summed E-state index contributed by atoms with van der Waals surface area (Å²) in [5.41, 5.74) is 9.12. The van der Waals surface area contributed by atoms with E-state index < -0.39 is 0 Å². The average molecular weight is 184 g/mol. The standard InChI is InChI=1S/C10H14ClN/c1-8-4-5-10(12)7-9(8)3-2-6-11/h4-5,7H,2-3,6,12H2,1H3. The van der Waals surface area contributed by atoms with Crippen LogP contribution in [0.3, 0.4) is 0 Å². The minimum atomic E-state index is 0.717. The van der Waals surface area contributed by atoms with Crippen LogP contribution in [0.5, 0.6) is 0 Å². The monoisotopic (exact) mass is 183 g/mol. The van der Waals surface area contributed by atoms with Gasteiger partial charge < -0.3 is 5.73 Å². The van der Waals surface area contributed by atoms with Crippen molar-refractivity contribution in [2.45, 2.75) is 19.8 Å². The van der Waals surface area contributed by atoms with E-state index in [1.54, 1.807) is 0 Å². The second-order valence-corrected chi connectivity index (χ2v) is 3.36. The van der Waals surface area contributed by atoms with Crippen molar-refractivity contribution in [2.24, 2.45) is 0 Å². The van der Waals surface area contributed by atoms with Crippen molar-refractivity contribution in [3.8, 4) is 0 Å². The van der Waals surface area contributed by atoms with Gasteiger partial charge in [0.15, 0.2) is 0 Å². The highest BCUT2D eigenvalue weighted by molar-refractivity contribution is 6.17. The molecule has 0 unspecified atom stereocenters. The lowest BCUT2D eigenvalue weighted by atomic mass is 10.0. The molecule has 0 saturated carbocycles. The van der Waals surface area contributed by atoms with Crippen molar-refractivity contribution in [2.75, 3.05) is 11.6 Å². The molecule has 0 fully saturated rings. The highest BCUT2D eigenvalue weighted by Crippen LogP contribution is 2.14. The number of halogens is 1. The van der Waals surface area contributed by atoms with Gasteiger partial charge in [0.2, 0.25) is 0 Å². The summed E-state index contributed by atoms with van der Waals surface area (Å²) in [5, 5.41) is 0. The highest BCUT2D eigenvalue weighted by atomic mass is 35.5. The summed E-state index contributed by atoms with van der Waals surface area (Å²) in [6, 6.07) is 6.01. The lowest BCUT2D eigenvalue weighted by Gasteiger charge is -2.04. The number of aryl methyl sites for hydroxylation is 2. The number of nitrogen functional groups attached to an aromatic ring is 1. The predicted octanol–water partition coefficient (Wildman–Crippen LogP) is 2.75. The van der Waals surface area contributed by atoms with Gasteiger partial charge in [0.1, 0.15) is 0 Å². The number of hydrogen-bond donors (Lipinski definition) is 1. The molecule has 0 bridgehead atoms. The average Bonchev–Trinajstić information content (AvgIpc) is 2.07. The Morgan fingerprint density at radius 3 is 2.83 bits per heavy atom. The van der Waals surface area contributed by atoms with E-state index in [0.717, 1.165) is 18.5 Å². The van der Waals surface area contributed by atoms with Gasteiger partial charge in [-0.15, -0.1) is 11.6 Å². The molecule has 66 valence electrons. The molecule has 0 aliphatic heterocycles. The largest absolute Gasteiger partial charge is 0.399 e. The van der Waals surface area contributed by atoms with Crippen molar-refractivity contribution in [3.05, 3.63) is 29.3 Å². The third-order valence-electron chi connectivity index (χ3n) is 1.95. The molecule has 2 N–H and O–H groups in total. The maximum atomic E-state index is 5.67. The van der Waals surface area contributed by atoms with Gasteiger partial charge in [-0.1, -0.05) is 6.07 Å². The van der Waals surface area contributed by atoms with Gasteiger partial charge in [0.05, 0.1) is 0 Å². The van der Waals surface area contributed by atoms with Crippen LogP contribution < -0.4 is 5.73 Å². The van der Waals surface area contributed by atoms with Crippen LogP contribution in [0.1, 0.15) is 17.5 Å². The Morgan fingerprint density at radius 2 is 2.17 bits per heavy atom. The van der Waals surface area contributed by atoms with Crippen molar-refractivity contribution < 1.29 is 0 Å². The van der Waals surface area contributed by atoms with Crippen molar-refractivity contribution in [1.82, 2.24) is 0 Å². The van der Waals surface area contributed by atoms with Gasteiger partial charge in [0, 0.05) is 11.6 Å². The van der Waals surface area contributed by atoms with Gasteiger partial charge in [-0.05, 0) is 43.0 Å². The van der Waals surface area contributed by atoms with Crippen LogP contribution in [-0.2, 0) is 6.42 Å². The normalized spacial score (nSPS) is 10.2. The summed E-state index contributed by atoms with van der Waals surface area (Å²) in [7, 11) is 0. The van der Waals surface area contributed by atoms with Crippen molar-refractivity contribution >= 4 is 17.3 Å². The molecule has 1 aromatic rings. The van der Waals surface area contributed by atoms with Crippen LogP contribution in [0.15, 0.2) is 18.2 Å². The van der Waals surface area contributed by atoms with Gasteiger partial charge >= 0.3 is 0 Å². The van der Waals surface area contributed by atoms with Crippen LogP contribution in [0.25, 0.3) is 0 Å². The van der Waals surface area contributed by atoms with Gasteiger partial charge in [-0.2, -0.15) is 0 Å². The van der Waals surface area contributed by atoms with E-state index in [2.05, 4.69) is 13.0 Å². The van der Waals surface area contributed by atoms with E-state index in [1.807, 2.05) is 12.1 Å². The first kappa shape index (κ1) is 9.40. The smallest absolute Gasteiger partial charge is 0.0316 e. The third-order valence-corrected chi connectivity index (χ3v) is 2.22. The van der Waals surface area contributed by atoms with Crippen LogP contribution in [0, 0.1) is 6.92 Å². The zero-order valence-corrected chi connectivity index (χ0v) is 8.06. The number of alkyl halides is 1. The van der Waals surface area contributed by atoms with Crippen molar-refractivity contribution in [3.63, 3.8) is 0 Å². The molecule has 0 aromatic heterocycles. The van der Waals surface area contributed by atoms with E-state index in [1.165, 1.54) is 11.1 Å². The van der Waals surface area contributed by atoms with E-state index in [-0.39, 0.29) is 0 Å². The minimum absolute atomic E-state index is 0.717. The first-order chi connectivity index (χ1) is 5.74. The lowest BCUT2D eigenvalue weighted by Crippen LogP contribution is -1.93. The fourth-order valence-electron chi connectivity index (χ4n) is 1.22. The maximum absolute atomic E-state index is 5.67. The summed E-state index contributed by atoms with van der Waals surface area (Å²) in [4.78, 5) is 0. The Balaban J connectivity index is 2.75. The molecule has 0 saturated heterocycles. The van der Waals surface area contributed by atoms with Crippen molar-refractivity contribution in [1.29, 1.82) is 0 Å². The summed E-state index contributed by atoms with van der Waals surface area (Å²) >= 11 is 5.61. The van der Waals surface area contributed by atoms with Gasteiger partial charge in [0.25, 0.3) is 0 Å². The Bertz CT molecular complexity index is 258.